The Balaban J connectivity index is 0. The van der Waals surface area contributed by atoms with E-state index in [1.165, 1.54) is 13.8 Å². The van der Waals surface area contributed by atoms with Gasteiger partial charge >= 0.3 is 29.6 Å². The molecule has 0 bridgehead atoms. The van der Waals surface area contributed by atoms with Gasteiger partial charge in [-0.1, -0.05) is 0 Å². The van der Waals surface area contributed by atoms with E-state index in [0.29, 0.717) is 12.6 Å². The molecule has 21 heavy (non-hydrogen) atoms. The maximum Gasteiger partial charge on any atom is 1.00 e. The number of hydrogen-bond acceptors (Lipinski definition) is 6. The number of carboxylic acids is 1. The van der Waals surface area contributed by atoms with Crippen molar-refractivity contribution in [2.45, 2.75) is 38.4 Å². The Morgan fingerprint density at radius 3 is 2.10 bits per heavy atom. The molecule has 4 atom stereocenters. The number of carbonyl (C=O) groups is 3. The molecule has 2 amide bonds. The monoisotopic (exact) mass is 329 g/mol. The summed E-state index contributed by atoms with van der Waals surface area (Å²) in [6.45, 7) is 4.33. The van der Waals surface area contributed by atoms with Crippen LogP contribution in [-0.2, 0) is 14.4 Å². The first-order valence-corrected chi connectivity index (χ1v) is 8.05. The summed E-state index contributed by atoms with van der Waals surface area (Å²) in [5.74, 6) is -2.57. The van der Waals surface area contributed by atoms with Crippen molar-refractivity contribution in [3.8, 4) is 0 Å². The molecule has 0 aliphatic heterocycles. The molecular formula is C11H21N3NaO5P. The normalized spacial score (nSPS) is 15.9. The summed E-state index contributed by atoms with van der Waals surface area (Å²) in [6, 6.07) is -2.87. The average Bonchev–Trinajstić information content (AvgIpc) is 2.35. The molecular weight excluding hydrogens is 308 g/mol. The summed E-state index contributed by atoms with van der Waals surface area (Å²) in [6.07, 6.45) is 0.751. The van der Waals surface area contributed by atoms with Gasteiger partial charge in [0.1, 0.15) is 6.04 Å². The van der Waals surface area contributed by atoms with Gasteiger partial charge in [-0.05, 0) is 33.1 Å². The van der Waals surface area contributed by atoms with Crippen molar-refractivity contribution in [3.05, 3.63) is 0 Å². The zero-order valence-electron chi connectivity index (χ0n) is 12.8. The van der Waals surface area contributed by atoms with Gasteiger partial charge < -0.3 is 31.2 Å². The zero-order valence-corrected chi connectivity index (χ0v) is 15.6. The van der Waals surface area contributed by atoms with Crippen molar-refractivity contribution >= 4 is 25.9 Å². The number of amides is 2. The molecule has 0 aromatic carbocycles. The van der Waals surface area contributed by atoms with Gasteiger partial charge in [0, 0.05) is 8.15 Å². The van der Waals surface area contributed by atoms with E-state index in [-0.39, 0.29) is 29.6 Å². The van der Waals surface area contributed by atoms with E-state index in [9.17, 15) is 19.5 Å². The number of rotatable bonds is 8. The maximum atomic E-state index is 11.7. The zero-order chi connectivity index (χ0) is 15.9. The first-order valence-electron chi connectivity index (χ1n) is 6.12. The molecule has 0 aliphatic carbocycles. The SMILES string of the molecule is C[C@H](NC(=O)[C@H](C)NC(=O)[C@@H](N)CCP(C)O)C(=O)[O-].[Na+]. The van der Waals surface area contributed by atoms with E-state index in [2.05, 4.69) is 10.6 Å². The van der Waals surface area contributed by atoms with Gasteiger partial charge in [-0.15, -0.1) is 0 Å². The molecule has 10 heteroatoms. The first kappa shape index (κ1) is 23.0. The molecule has 0 aliphatic rings. The van der Waals surface area contributed by atoms with Crippen LogP contribution >= 0.6 is 8.15 Å². The van der Waals surface area contributed by atoms with E-state index in [1.807, 2.05) is 0 Å². The first-order chi connectivity index (χ1) is 9.15. The van der Waals surface area contributed by atoms with Crippen LogP contribution in [0.2, 0.25) is 0 Å². The Morgan fingerprint density at radius 1 is 1.19 bits per heavy atom. The van der Waals surface area contributed by atoms with Crippen LogP contribution < -0.4 is 51.0 Å². The second-order valence-corrected chi connectivity index (χ2v) is 6.32. The van der Waals surface area contributed by atoms with Gasteiger partial charge in [-0.2, -0.15) is 0 Å². The Labute approximate surface area is 147 Å². The summed E-state index contributed by atoms with van der Waals surface area (Å²) in [5, 5.41) is 15.0. The van der Waals surface area contributed by atoms with Crippen LogP contribution in [0.1, 0.15) is 20.3 Å². The second-order valence-electron chi connectivity index (χ2n) is 4.56. The van der Waals surface area contributed by atoms with Crippen molar-refractivity contribution in [2.75, 3.05) is 12.8 Å². The number of aliphatic carboxylic acids is 1. The van der Waals surface area contributed by atoms with Gasteiger partial charge in [0.25, 0.3) is 0 Å². The molecule has 116 valence electrons. The fourth-order valence-corrected chi connectivity index (χ4v) is 1.89. The molecule has 0 saturated heterocycles. The van der Waals surface area contributed by atoms with E-state index in [0.717, 1.165) is 0 Å². The predicted octanol–water partition coefficient (Wildman–Crippen LogP) is -5.51. The summed E-state index contributed by atoms with van der Waals surface area (Å²) in [7, 11) is -1.12. The standard InChI is InChI=1S/C11H22N3O5P.Na/c1-6(9(15)14-7(2)11(17)18)13-10(16)8(12)4-5-20(3)19;/h6-8,19H,4-5,12H2,1-3H3,(H,13,16)(H,14,15)(H,17,18);/q;+1/p-1/t6-,7-,8-,20?;/m0./s1. The summed E-state index contributed by atoms with van der Waals surface area (Å²) >= 11 is 0. The summed E-state index contributed by atoms with van der Waals surface area (Å²) in [5.41, 5.74) is 5.61. The van der Waals surface area contributed by atoms with Crippen LogP contribution in [-0.4, -0.2) is 53.6 Å². The molecule has 0 aromatic rings. The van der Waals surface area contributed by atoms with Crippen LogP contribution in [0.5, 0.6) is 0 Å². The molecule has 0 spiro atoms. The summed E-state index contributed by atoms with van der Waals surface area (Å²) < 4.78 is 0. The fourth-order valence-electron chi connectivity index (χ4n) is 1.24. The van der Waals surface area contributed by atoms with Crippen LogP contribution in [0, 0.1) is 0 Å². The smallest absolute Gasteiger partial charge is 0.548 e. The van der Waals surface area contributed by atoms with Gasteiger partial charge in [-0.3, -0.25) is 9.59 Å². The van der Waals surface area contributed by atoms with Crippen molar-refractivity contribution < 1.29 is 53.9 Å². The van der Waals surface area contributed by atoms with E-state index in [4.69, 9.17) is 10.6 Å². The van der Waals surface area contributed by atoms with Crippen LogP contribution in [0.3, 0.4) is 0 Å². The number of carboxylic acid groups (broad SMARTS) is 1. The molecule has 0 saturated carbocycles. The van der Waals surface area contributed by atoms with Crippen molar-refractivity contribution in [3.63, 3.8) is 0 Å². The molecule has 1 unspecified atom stereocenters. The second kappa shape index (κ2) is 11.3. The van der Waals surface area contributed by atoms with Gasteiger partial charge in [-0.25, -0.2) is 0 Å². The molecule has 0 fully saturated rings. The number of nitrogens with two attached hydrogens (primary N) is 1. The minimum atomic E-state index is -1.41. The third-order valence-electron chi connectivity index (χ3n) is 2.56. The van der Waals surface area contributed by atoms with E-state index < -0.39 is 44.1 Å². The van der Waals surface area contributed by atoms with Gasteiger partial charge in [0.2, 0.25) is 11.8 Å². The van der Waals surface area contributed by atoms with E-state index in [1.54, 1.807) is 6.66 Å². The van der Waals surface area contributed by atoms with Crippen molar-refractivity contribution in [1.29, 1.82) is 0 Å². The quantitative estimate of drug-likeness (QED) is 0.258. The third-order valence-corrected chi connectivity index (χ3v) is 3.47. The predicted molar refractivity (Wildman–Crippen MR) is 72.7 cm³/mol. The topological polar surface area (TPSA) is 145 Å². The minimum Gasteiger partial charge on any atom is -0.548 e. The Hall–Kier alpha value is -0.240. The Morgan fingerprint density at radius 2 is 1.67 bits per heavy atom. The number of nitrogens with one attached hydrogen (secondary N) is 2. The molecule has 0 radical (unpaired) electrons. The van der Waals surface area contributed by atoms with Crippen molar-refractivity contribution in [2.24, 2.45) is 5.73 Å². The molecule has 0 heterocycles. The maximum absolute atomic E-state index is 11.7. The molecule has 0 aromatic heterocycles. The number of hydrogen-bond donors (Lipinski definition) is 4. The Kier molecular flexibility index (Phi) is 12.4. The number of carbonyl (C=O) groups excluding carboxylic acids is 3. The van der Waals surface area contributed by atoms with Gasteiger partial charge in [0.05, 0.1) is 18.1 Å². The Bertz CT molecular complexity index is 370. The molecule has 0 rings (SSSR count). The summed E-state index contributed by atoms with van der Waals surface area (Å²) in [4.78, 5) is 42.9. The fraction of sp³-hybridized carbons (Fsp3) is 0.727. The third kappa shape index (κ3) is 10.2. The van der Waals surface area contributed by atoms with Crippen LogP contribution in [0.15, 0.2) is 0 Å². The van der Waals surface area contributed by atoms with E-state index >= 15 is 0 Å². The average molecular weight is 329 g/mol. The molecule has 5 N–H and O–H groups in total. The van der Waals surface area contributed by atoms with Gasteiger partial charge in [0.15, 0.2) is 0 Å². The minimum absolute atomic E-state index is 0. The van der Waals surface area contributed by atoms with Crippen LogP contribution in [0.25, 0.3) is 0 Å². The largest absolute Gasteiger partial charge is 1.00 e. The van der Waals surface area contributed by atoms with Crippen LogP contribution in [0.4, 0.5) is 0 Å². The molecule has 8 nitrogen and oxygen atoms in total. The van der Waals surface area contributed by atoms with Crippen molar-refractivity contribution in [1.82, 2.24) is 10.6 Å².